The molecule has 0 aliphatic carbocycles. The molecule has 2 aliphatic heterocycles. The maximum atomic E-state index is 13.1. The maximum Gasteiger partial charge on any atom is 0.438 e. The van der Waals surface area contributed by atoms with Gasteiger partial charge in [-0.3, -0.25) is 14.5 Å². The van der Waals surface area contributed by atoms with Crippen molar-refractivity contribution in [2.24, 2.45) is 16.9 Å². The number of likely N-dealkylation sites (N-methyl/N-ethyl adjacent to an activating group) is 1. The van der Waals surface area contributed by atoms with Gasteiger partial charge in [0.05, 0.1) is 11.0 Å². The third-order valence-corrected chi connectivity index (χ3v) is 8.97. The van der Waals surface area contributed by atoms with Crippen LogP contribution in [0.25, 0.3) is 11.1 Å². The summed E-state index contributed by atoms with van der Waals surface area (Å²) in [5.74, 6) is -0.268. The first-order valence-corrected chi connectivity index (χ1v) is 15.9. The molecule has 2 N–H and O–H groups in total. The Balaban J connectivity index is 1.05. The highest BCUT2D eigenvalue weighted by atomic mass is 16.6. The molecule has 0 saturated carbocycles. The lowest BCUT2D eigenvalue weighted by Gasteiger charge is -2.33. The molecule has 11 nitrogen and oxygen atoms in total. The van der Waals surface area contributed by atoms with E-state index in [2.05, 4.69) is 15.1 Å². The van der Waals surface area contributed by atoms with Gasteiger partial charge in [-0.2, -0.15) is 0 Å². The molecule has 0 unspecified atom stereocenters. The normalized spacial score (nSPS) is 16.5. The summed E-state index contributed by atoms with van der Waals surface area (Å²) in [6, 6.07) is 24.4. The lowest BCUT2D eigenvalue weighted by atomic mass is 9.96. The van der Waals surface area contributed by atoms with Gasteiger partial charge in [-0.15, -0.1) is 9.92 Å². The maximum absolute atomic E-state index is 13.1. The quantitative estimate of drug-likeness (QED) is 0.237. The fourth-order valence-electron chi connectivity index (χ4n) is 6.14. The number of amides is 3. The topological polar surface area (TPSA) is 129 Å². The summed E-state index contributed by atoms with van der Waals surface area (Å²) in [4.78, 5) is 55.6. The number of anilines is 1. The van der Waals surface area contributed by atoms with Crippen LogP contribution in [0.4, 0.5) is 10.5 Å². The van der Waals surface area contributed by atoms with Crippen molar-refractivity contribution in [3.63, 3.8) is 0 Å². The van der Waals surface area contributed by atoms with Gasteiger partial charge in [-0.1, -0.05) is 60.7 Å². The highest BCUT2D eigenvalue weighted by Gasteiger charge is 2.28. The third kappa shape index (κ3) is 8.35. The number of likely N-dealkylation sites (tertiary alicyclic amines) is 2. The van der Waals surface area contributed by atoms with Crippen molar-refractivity contribution >= 4 is 23.6 Å². The van der Waals surface area contributed by atoms with Gasteiger partial charge in [0.2, 0.25) is 5.91 Å². The van der Waals surface area contributed by atoms with Crippen molar-refractivity contribution in [3.8, 4) is 11.1 Å². The molecule has 0 aromatic heterocycles. The number of para-hydroxylation sites is 1. The van der Waals surface area contributed by atoms with E-state index in [9.17, 15) is 19.3 Å². The molecular weight excluding hydrogens is 584 g/mol. The average molecular weight is 627 g/mol. The van der Waals surface area contributed by atoms with Crippen LogP contribution in [-0.2, 0) is 16.1 Å². The Labute approximate surface area is 269 Å². The third-order valence-electron chi connectivity index (χ3n) is 8.97. The van der Waals surface area contributed by atoms with E-state index in [1.54, 1.807) is 17.0 Å². The SMILES string of the molecule is CN(CCN1CCC(OC(=O)N(N=O)c2ccccc2-c2ccccc2)CC1)C(=O)c1ccc(CN2CCC(C(N)=O)CC2)cc1. The number of nitrogens with two attached hydrogens (primary N) is 1. The zero-order valence-electron chi connectivity index (χ0n) is 26.3. The van der Waals surface area contributed by atoms with Gasteiger partial charge in [0, 0.05) is 56.8 Å². The van der Waals surface area contributed by atoms with Gasteiger partial charge in [0.15, 0.2) is 0 Å². The first-order valence-electron chi connectivity index (χ1n) is 15.9. The van der Waals surface area contributed by atoms with Crippen LogP contribution in [0.15, 0.2) is 84.1 Å². The molecule has 3 aromatic rings. The van der Waals surface area contributed by atoms with Crippen LogP contribution in [0.1, 0.15) is 41.6 Å². The Kier molecular flexibility index (Phi) is 11.1. The fraction of sp³-hybridized carbons (Fsp3) is 0.400. The molecule has 0 spiro atoms. The average Bonchev–Trinajstić information content (AvgIpc) is 3.09. The summed E-state index contributed by atoms with van der Waals surface area (Å²) in [5, 5.41) is 3.79. The number of piperidine rings is 2. The highest BCUT2D eigenvalue weighted by Crippen LogP contribution is 2.32. The molecule has 11 heteroatoms. The van der Waals surface area contributed by atoms with Crippen LogP contribution in [0.3, 0.4) is 0 Å². The van der Waals surface area contributed by atoms with E-state index in [-0.39, 0.29) is 23.8 Å². The van der Waals surface area contributed by atoms with Crippen LogP contribution in [-0.4, -0.2) is 85.0 Å². The van der Waals surface area contributed by atoms with E-state index < -0.39 is 6.09 Å². The number of carbonyl (C=O) groups is 3. The van der Waals surface area contributed by atoms with Crippen LogP contribution >= 0.6 is 0 Å². The van der Waals surface area contributed by atoms with E-state index in [4.69, 9.17) is 10.5 Å². The Hall–Kier alpha value is -4.61. The summed E-state index contributed by atoms with van der Waals surface area (Å²) >= 11 is 0. The molecule has 5 rings (SSSR count). The van der Waals surface area contributed by atoms with Crippen molar-refractivity contribution in [1.82, 2.24) is 14.7 Å². The van der Waals surface area contributed by atoms with Crippen molar-refractivity contribution in [1.29, 1.82) is 0 Å². The zero-order valence-corrected chi connectivity index (χ0v) is 26.3. The molecule has 2 aliphatic rings. The number of hydrogen-bond acceptors (Lipinski definition) is 8. The fourth-order valence-corrected chi connectivity index (χ4v) is 6.14. The second-order valence-corrected chi connectivity index (χ2v) is 12.1. The predicted molar refractivity (Wildman–Crippen MR) is 177 cm³/mol. The summed E-state index contributed by atoms with van der Waals surface area (Å²) < 4.78 is 5.71. The van der Waals surface area contributed by atoms with E-state index in [1.165, 1.54) is 0 Å². The number of rotatable bonds is 11. The molecule has 2 heterocycles. The van der Waals surface area contributed by atoms with Crippen LogP contribution in [0, 0.1) is 10.8 Å². The molecule has 242 valence electrons. The molecule has 2 saturated heterocycles. The smallest absolute Gasteiger partial charge is 0.438 e. The van der Waals surface area contributed by atoms with E-state index in [1.807, 2.05) is 73.8 Å². The molecule has 2 fully saturated rings. The Morgan fingerprint density at radius 2 is 1.48 bits per heavy atom. The summed E-state index contributed by atoms with van der Waals surface area (Å²) in [5.41, 5.74) is 9.17. The predicted octanol–water partition coefficient (Wildman–Crippen LogP) is 4.91. The van der Waals surface area contributed by atoms with E-state index >= 15 is 0 Å². The van der Waals surface area contributed by atoms with Crippen molar-refractivity contribution in [2.45, 2.75) is 38.3 Å². The molecule has 3 amide bonds. The number of nitroso groups, excluding NO2 is 1. The summed E-state index contributed by atoms with van der Waals surface area (Å²) in [6.07, 6.45) is 1.71. The van der Waals surface area contributed by atoms with Crippen molar-refractivity contribution < 1.29 is 19.1 Å². The Bertz CT molecular complexity index is 1480. The van der Waals surface area contributed by atoms with Crippen LogP contribution < -0.4 is 10.7 Å². The molecule has 0 atom stereocenters. The molecular formula is C35H42N6O5. The number of hydrogen-bond donors (Lipinski definition) is 1. The number of nitrogens with zero attached hydrogens (tertiary/aromatic N) is 5. The number of carbonyl (C=O) groups excluding carboxylic acids is 3. The standard InChI is InChI=1S/C35H42N6O5/c1-38(34(43)29-13-11-26(12-14-29)25-40-19-15-28(16-20-40)33(36)42)23-24-39-21-17-30(18-22-39)46-35(44)41(37-45)32-10-6-5-9-31(32)27-7-3-2-4-8-27/h2-14,28,30H,15-25H2,1H3,(H2,36,42). The van der Waals surface area contributed by atoms with Gasteiger partial charge in [0.1, 0.15) is 6.10 Å². The zero-order chi connectivity index (χ0) is 32.5. The molecule has 46 heavy (non-hydrogen) atoms. The molecule has 3 aromatic carbocycles. The number of primary amides is 1. The Morgan fingerprint density at radius 3 is 2.13 bits per heavy atom. The van der Waals surface area contributed by atoms with Gasteiger partial charge < -0.3 is 20.3 Å². The van der Waals surface area contributed by atoms with Gasteiger partial charge in [-0.25, -0.2) is 4.79 Å². The highest BCUT2D eigenvalue weighted by molar-refractivity contribution is 5.94. The minimum absolute atomic E-state index is 0.0262. The van der Waals surface area contributed by atoms with Gasteiger partial charge in [0.25, 0.3) is 5.91 Å². The first kappa shape index (κ1) is 32.8. The second kappa shape index (κ2) is 15.6. The number of benzene rings is 3. The second-order valence-electron chi connectivity index (χ2n) is 12.1. The lowest BCUT2D eigenvalue weighted by molar-refractivity contribution is -0.123. The monoisotopic (exact) mass is 626 g/mol. The minimum atomic E-state index is -0.791. The van der Waals surface area contributed by atoms with Gasteiger partial charge >= 0.3 is 6.09 Å². The minimum Gasteiger partial charge on any atom is -0.444 e. The van der Waals surface area contributed by atoms with Crippen molar-refractivity contribution in [2.75, 3.05) is 51.3 Å². The Morgan fingerprint density at radius 1 is 0.848 bits per heavy atom. The van der Waals surface area contributed by atoms with Gasteiger partial charge in [-0.05, 0) is 68.1 Å². The van der Waals surface area contributed by atoms with Crippen LogP contribution in [0.2, 0.25) is 0 Å². The summed E-state index contributed by atoms with van der Waals surface area (Å²) in [6.45, 7) is 5.16. The lowest BCUT2D eigenvalue weighted by Crippen LogP contribution is -2.43. The van der Waals surface area contributed by atoms with E-state index in [0.717, 1.165) is 48.6 Å². The van der Waals surface area contributed by atoms with Crippen LogP contribution in [0.5, 0.6) is 0 Å². The molecule has 0 bridgehead atoms. The molecule has 0 radical (unpaired) electrons. The summed E-state index contributed by atoms with van der Waals surface area (Å²) in [7, 11) is 1.81. The van der Waals surface area contributed by atoms with Crippen molar-refractivity contribution in [3.05, 3.63) is 94.9 Å². The largest absolute Gasteiger partial charge is 0.444 e. The first-order chi connectivity index (χ1) is 22.3. The van der Waals surface area contributed by atoms with E-state index in [0.29, 0.717) is 55.8 Å². The number of ether oxygens (including phenoxy) is 1.